The zero-order chi connectivity index (χ0) is 13.9. The van der Waals surface area contributed by atoms with Crippen LogP contribution < -0.4 is 0 Å². The van der Waals surface area contributed by atoms with Crippen LogP contribution in [-0.2, 0) is 6.54 Å². The molecule has 0 unspecified atom stereocenters. The molecule has 0 saturated carbocycles. The van der Waals surface area contributed by atoms with Crippen molar-refractivity contribution >= 4 is 22.5 Å². The molecule has 0 atom stereocenters. The van der Waals surface area contributed by atoms with Crippen LogP contribution in [-0.4, -0.2) is 54.1 Å². The third-order valence-electron chi connectivity index (χ3n) is 4.21. The van der Waals surface area contributed by atoms with Crippen LogP contribution in [0.1, 0.15) is 6.42 Å². The molecule has 1 aliphatic rings. The van der Waals surface area contributed by atoms with E-state index in [-0.39, 0.29) is 0 Å². The summed E-state index contributed by atoms with van der Waals surface area (Å²) in [5, 5.41) is 2.08. The van der Waals surface area contributed by atoms with Gasteiger partial charge in [-0.05, 0) is 50.1 Å². The number of hydrogen-bond donors (Lipinski definition) is 0. The lowest BCUT2D eigenvalue weighted by molar-refractivity contribution is 0.268. The number of nitrogens with zero attached hydrogens (tertiary/aromatic N) is 3. The first-order chi connectivity index (χ1) is 9.72. The quantitative estimate of drug-likeness (QED) is 0.861. The van der Waals surface area contributed by atoms with Gasteiger partial charge in [0.25, 0.3) is 0 Å². The monoisotopic (exact) mass is 291 g/mol. The van der Waals surface area contributed by atoms with Crippen LogP contribution in [0.3, 0.4) is 0 Å². The Bertz CT molecular complexity index is 578. The van der Waals surface area contributed by atoms with E-state index in [2.05, 4.69) is 45.8 Å². The highest BCUT2D eigenvalue weighted by Crippen LogP contribution is 2.20. The highest BCUT2D eigenvalue weighted by molar-refractivity contribution is 6.31. The molecule has 1 aromatic heterocycles. The molecule has 2 aromatic rings. The Morgan fingerprint density at radius 1 is 1.05 bits per heavy atom. The van der Waals surface area contributed by atoms with Crippen molar-refractivity contribution in [2.45, 2.75) is 13.0 Å². The summed E-state index contributed by atoms with van der Waals surface area (Å²) in [6.07, 6.45) is 3.44. The maximum atomic E-state index is 6.10. The van der Waals surface area contributed by atoms with Gasteiger partial charge < -0.3 is 14.4 Å². The second kappa shape index (κ2) is 6.17. The maximum Gasteiger partial charge on any atom is 0.0495 e. The first-order valence-electron chi connectivity index (χ1n) is 7.38. The lowest BCUT2D eigenvalue weighted by Crippen LogP contribution is -2.31. The van der Waals surface area contributed by atoms with E-state index >= 15 is 0 Å². The molecule has 0 aliphatic carbocycles. The van der Waals surface area contributed by atoms with Gasteiger partial charge in [0.15, 0.2) is 0 Å². The van der Waals surface area contributed by atoms with E-state index in [4.69, 9.17) is 11.6 Å². The molecule has 3 rings (SSSR count). The Morgan fingerprint density at radius 3 is 2.85 bits per heavy atom. The second-order valence-electron chi connectivity index (χ2n) is 5.71. The Balaban J connectivity index is 1.66. The minimum atomic E-state index is 0.814. The molecule has 108 valence electrons. The van der Waals surface area contributed by atoms with Crippen molar-refractivity contribution in [2.24, 2.45) is 0 Å². The second-order valence-corrected chi connectivity index (χ2v) is 6.15. The van der Waals surface area contributed by atoms with Crippen molar-refractivity contribution in [2.75, 3.05) is 39.8 Å². The SMILES string of the molecule is CN1CCCN(CCn2ccc3ccc(Cl)cc32)CC1. The lowest BCUT2D eigenvalue weighted by Gasteiger charge is -2.20. The van der Waals surface area contributed by atoms with Crippen LogP contribution in [0.15, 0.2) is 30.5 Å². The molecule has 0 radical (unpaired) electrons. The van der Waals surface area contributed by atoms with E-state index < -0.39 is 0 Å². The summed E-state index contributed by atoms with van der Waals surface area (Å²) in [4.78, 5) is 4.99. The molecule has 0 amide bonds. The summed E-state index contributed by atoms with van der Waals surface area (Å²) in [5.41, 5.74) is 1.24. The highest BCUT2D eigenvalue weighted by Gasteiger charge is 2.12. The zero-order valence-electron chi connectivity index (χ0n) is 12.1. The molecule has 4 heteroatoms. The molecule has 1 aliphatic heterocycles. The predicted octanol–water partition coefficient (Wildman–Crippen LogP) is 2.93. The Labute approximate surface area is 125 Å². The van der Waals surface area contributed by atoms with Crippen LogP contribution in [0.4, 0.5) is 0 Å². The number of rotatable bonds is 3. The van der Waals surface area contributed by atoms with Crippen molar-refractivity contribution in [1.82, 2.24) is 14.4 Å². The highest BCUT2D eigenvalue weighted by atomic mass is 35.5. The summed E-state index contributed by atoms with van der Waals surface area (Å²) < 4.78 is 2.32. The molecule has 1 aromatic carbocycles. The molecule has 1 fully saturated rings. The van der Waals surface area contributed by atoms with Crippen molar-refractivity contribution in [3.05, 3.63) is 35.5 Å². The van der Waals surface area contributed by atoms with Crippen molar-refractivity contribution in [3.8, 4) is 0 Å². The summed E-state index contributed by atoms with van der Waals surface area (Å²) in [5.74, 6) is 0. The van der Waals surface area contributed by atoms with Crippen molar-refractivity contribution < 1.29 is 0 Å². The molecule has 20 heavy (non-hydrogen) atoms. The van der Waals surface area contributed by atoms with E-state index in [9.17, 15) is 0 Å². The smallest absolute Gasteiger partial charge is 0.0495 e. The minimum absolute atomic E-state index is 0.814. The normalized spacial score (nSPS) is 18.5. The third kappa shape index (κ3) is 3.17. The molecule has 2 heterocycles. The predicted molar refractivity (Wildman–Crippen MR) is 85.5 cm³/mol. The Hall–Kier alpha value is -1.03. The van der Waals surface area contributed by atoms with Gasteiger partial charge in [-0.2, -0.15) is 0 Å². The molecule has 3 nitrogen and oxygen atoms in total. The van der Waals surface area contributed by atoms with Gasteiger partial charge in [0, 0.05) is 42.9 Å². The van der Waals surface area contributed by atoms with Crippen molar-refractivity contribution in [1.29, 1.82) is 0 Å². The largest absolute Gasteiger partial charge is 0.346 e. The summed E-state index contributed by atoms with van der Waals surface area (Å²) in [7, 11) is 2.21. The van der Waals surface area contributed by atoms with Gasteiger partial charge in [0.1, 0.15) is 0 Å². The van der Waals surface area contributed by atoms with E-state index in [0.717, 1.165) is 18.1 Å². The fraction of sp³-hybridized carbons (Fsp3) is 0.500. The van der Waals surface area contributed by atoms with Crippen LogP contribution in [0.25, 0.3) is 10.9 Å². The summed E-state index contributed by atoms with van der Waals surface area (Å²) in [6, 6.07) is 8.28. The van der Waals surface area contributed by atoms with Gasteiger partial charge in [0.05, 0.1) is 0 Å². The molecule has 0 bridgehead atoms. The maximum absolute atomic E-state index is 6.10. The van der Waals surface area contributed by atoms with Gasteiger partial charge in [-0.15, -0.1) is 0 Å². The fourth-order valence-corrected chi connectivity index (χ4v) is 3.09. The number of halogens is 1. The van der Waals surface area contributed by atoms with E-state index in [1.54, 1.807) is 0 Å². The topological polar surface area (TPSA) is 11.4 Å². The van der Waals surface area contributed by atoms with E-state index in [1.165, 1.54) is 43.5 Å². The molecular weight excluding hydrogens is 270 g/mol. The number of aromatic nitrogens is 1. The van der Waals surface area contributed by atoms with Crippen molar-refractivity contribution in [3.63, 3.8) is 0 Å². The van der Waals surface area contributed by atoms with Gasteiger partial charge >= 0.3 is 0 Å². The fourth-order valence-electron chi connectivity index (χ4n) is 2.92. The average molecular weight is 292 g/mol. The zero-order valence-corrected chi connectivity index (χ0v) is 12.8. The molecule has 1 saturated heterocycles. The van der Waals surface area contributed by atoms with Gasteiger partial charge in [-0.1, -0.05) is 17.7 Å². The third-order valence-corrected chi connectivity index (χ3v) is 4.44. The number of likely N-dealkylation sites (N-methyl/N-ethyl adjacent to an activating group) is 1. The average Bonchev–Trinajstić information content (AvgIpc) is 2.71. The molecule has 0 N–H and O–H groups in total. The standard InChI is InChI=1S/C16H22ClN3/c1-18-6-2-7-19(10-9-18)11-12-20-8-5-14-3-4-15(17)13-16(14)20/h3-5,8,13H,2,6-7,9-12H2,1H3. The Morgan fingerprint density at radius 2 is 1.95 bits per heavy atom. The first kappa shape index (κ1) is 13.9. The van der Waals surface area contributed by atoms with Crippen LogP contribution in [0.5, 0.6) is 0 Å². The van der Waals surface area contributed by atoms with E-state index in [1.807, 2.05) is 6.07 Å². The Kier molecular flexibility index (Phi) is 4.29. The molecule has 0 spiro atoms. The van der Waals surface area contributed by atoms with Crippen LogP contribution >= 0.6 is 11.6 Å². The first-order valence-corrected chi connectivity index (χ1v) is 7.75. The van der Waals surface area contributed by atoms with Gasteiger partial charge in [-0.3, -0.25) is 0 Å². The van der Waals surface area contributed by atoms with Gasteiger partial charge in [-0.25, -0.2) is 0 Å². The minimum Gasteiger partial charge on any atom is -0.346 e. The lowest BCUT2D eigenvalue weighted by atomic mass is 10.2. The van der Waals surface area contributed by atoms with E-state index in [0.29, 0.717) is 0 Å². The van der Waals surface area contributed by atoms with Crippen LogP contribution in [0.2, 0.25) is 5.02 Å². The number of hydrogen-bond acceptors (Lipinski definition) is 2. The van der Waals surface area contributed by atoms with Crippen LogP contribution in [0, 0.1) is 0 Å². The van der Waals surface area contributed by atoms with Gasteiger partial charge in [0.2, 0.25) is 0 Å². The summed E-state index contributed by atoms with van der Waals surface area (Å²) >= 11 is 6.10. The summed E-state index contributed by atoms with van der Waals surface area (Å²) in [6.45, 7) is 6.94. The molecular formula is C16H22ClN3. The number of benzene rings is 1. The number of fused-ring (bicyclic) bond motifs is 1.